The van der Waals surface area contributed by atoms with Crippen LogP contribution < -0.4 is 4.74 Å². The highest BCUT2D eigenvalue weighted by atomic mass is 35.5. The van der Waals surface area contributed by atoms with E-state index < -0.39 is 0 Å². The van der Waals surface area contributed by atoms with Crippen LogP contribution in [-0.2, 0) is 11.3 Å². The zero-order valence-corrected chi connectivity index (χ0v) is 17.2. The smallest absolute Gasteiger partial charge is 0.277 e. The van der Waals surface area contributed by atoms with Gasteiger partial charge in [-0.15, -0.1) is 21.5 Å². The predicted octanol–water partition coefficient (Wildman–Crippen LogP) is 4.60. The lowest BCUT2D eigenvalue weighted by Crippen LogP contribution is -2.31. The van der Waals surface area contributed by atoms with Gasteiger partial charge in [0.05, 0.1) is 23.7 Å². The Kier molecular flexibility index (Phi) is 6.76. The van der Waals surface area contributed by atoms with Crippen molar-refractivity contribution in [3.8, 4) is 17.2 Å². The Balaban J connectivity index is 1.57. The molecule has 0 bridgehead atoms. The van der Waals surface area contributed by atoms with E-state index in [1.54, 1.807) is 12.0 Å². The summed E-state index contributed by atoms with van der Waals surface area (Å²) in [5.74, 6) is 1.41. The van der Waals surface area contributed by atoms with Gasteiger partial charge in [0.15, 0.2) is 0 Å². The van der Waals surface area contributed by atoms with Crippen LogP contribution in [0.4, 0.5) is 0 Å². The van der Waals surface area contributed by atoms with Gasteiger partial charge in [-0.05, 0) is 43.3 Å². The van der Waals surface area contributed by atoms with E-state index in [4.69, 9.17) is 20.8 Å². The summed E-state index contributed by atoms with van der Waals surface area (Å²) in [7, 11) is 1.61. The minimum Gasteiger partial charge on any atom is -0.497 e. The van der Waals surface area contributed by atoms with Crippen molar-refractivity contribution in [1.82, 2.24) is 15.1 Å². The van der Waals surface area contributed by atoms with Crippen LogP contribution in [0.2, 0.25) is 4.34 Å². The van der Waals surface area contributed by atoms with Crippen LogP contribution in [0.3, 0.4) is 0 Å². The van der Waals surface area contributed by atoms with Gasteiger partial charge in [0.2, 0.25) is 11.8 Å². The summed E-state index contributed by atoms with van der Waals surface area (Å²) in [4.78, 5) is 15.3. The van der Waals surface area contributed by atoms with Gasteiger partial charge in [0.1, 0.15) is 5.75 Å². The highest BCUT2D eigenvalue weighted by molar-refractivity contribution is 7.99. The molecule has 0 spiro atoms. The Hall–Kier alpha value is -2.03. The summed E-state index contributed by atoms with van der Waals surface area (Å²) in [5.41, 5.74) is 0.797. The van der Waals surface area contributed by atoms with Crippen molar-refractivity contribution in [3.05, 3.63) is 45.6 Å². The number of carbonyl (C=O) groups is 1. The first kappa shape index (κ1) is 19.7. The highest BCUT2D eigenvalue weighted by Gasteiger charge is 2.16. The number of benzene rings is 1. The molecule has 0 aliphatic heterocycles. The molecule has 0 saturated heterocycles. The number of thiophene rings is 1. The van der Waals surface area contributed by atoms with E-state index in [0.29, 0.717) is 24.2 Å². The molecule has 0 fully saturated rings. The zero-order valence-electron chi connectivity index (χ0n) is 14.8. The summed E-state index contributed by atoms with van der Waals surface area (Å²) in [6.07, 6.45) is 0. The predicted molar refractivity (Wildman–Crippen MR) is 107 cm³/mol. The fourth-order valence-electron chi connectivity index (χ4n) is 2.33. The molecule has 2 heterocycles. The summed E-state index contributed by atoms with van der Waals surface area (Å²) < 4.78 is 11.5. The number of amides is 1. The average Bonchev–Trinajstić information content (AvgIpc) is 3.33. The molecule has 0 aliphatic carbocycles. The van der Waals surface area contributed by atoms with Crippen LogP contribution in [0.25, 0.3) is 11.5 Å². The molecule has 0 atom stereocenters. The summed E-state index contributed by atoms with van der Waals surface area (Å²) in [6, 6.07) is 11.1. The largest absolute Gasteiger partial charge is 0.497 e. The molecule has 0 N–H and O–H groups in total. The molecule has 142 valence electrons. The molecule has 27 heavy (non-hydrogen) atoms. The molecule has 0 radical (unpaired) electrons. The molecule has 6 nitrogen and oxygen atoms in total. The minimum absolute atomic E-state index is 0.0104. The number of carbonyl (C=O) groups excluding carboxylic acids is 1. The van der Waals surface area contributed by atoms with Gasteiger partial charge < -0.3 is 14.1 Å². The number of ether oxygens (including phenoxy) is 1. The maximum Gasteiger partial charge on any atom is 0.277 e. The topological polar surface area (TPSA) is 68.5 Å². The summed E-state index contributed by atoms with van der Waals surface area (Å²) in [6.45, 7) is 3.12. The van der Waals surface area contributed by atoms with Crippen LogP contribution in [0.5, 0.6) is 5.75 Å². The quantitative estimate of drug-likeness (QED) is 0.493. The average molecular weight is 424 g/mol. The Labute approximate surface area is 170 Å². The fourth-order valence-corrected chi connectivity index (χ4v) is 4.10. The minimum atomic E-state index is 0.0104. The molecule has 3 rings (SSSR count). The second-order valence-corrected chi connectivity index (χ2v) is 8.23. The molecule has 2 aromatic heterocycles. The molecule has 3 aromatic rings. The molecule has 9 heteroatoms. The van der Waals surface area contributed by atoms with Crippen molar-refractivity contribution in [2.45, 2.75) is 18.7 Å². The van der Waals surface area contributed by atoms with E-state index in [1.165, 1.54) is 23.1 Å². The van der Waals surface area contributed by atoms with E-state index in [0.717, 1.165) is 20.5 Å². The molecular weight excluding hydrogens is 406 g/mol. The molecule has 1 amide bonds. The Bertz CT molecular complexity index is 895. The maximum atomic E-state index is 12.5. The molecule has 1 aromatic carbocycles. The van der Waals surface area contributed by atoms with Gasteiger partial charge in [0.25, 0.3) is 5.22 Å². The number of rotatable bonds is 8. The van der Waals surface area contributed by atoms with Crippen LogP contribution in [0, 0.1) is 0 Å². The van der Waals surface area contributed by atoms with Crippen molar-refractivity contribution in [3.63, 3.8) is 0 Å². The molecule has 0 unspecified atom stereocenters. The van der Waals surface area contributed by atoms with Gasteiger partial charge >= 0.3 is 0 Å². The molecule has 0 aliphatic rings. The summed E-state index contributed by atoms with van der Waals surface area (Å²) in [5, 5.41) is 8.41. The number of hydrogen-bond acceptors (Lipinski definition) is 7. The Morgan fingerprint density at radius 3 is 2.67 bits per heavy atom. The standard InChI is InChI=1S/C18H18ClN3O3S2/c1-3-22(10-14-8-9-15(19)27-14)16(23)11-26-18-21-20-17(25-18)12-4-6-13(24-2)7-5-12/h4-9H,3,10-11H2,1-2H3. The van der Waals surface area contributed by atoms with E-state index >= 15 is 0 Å². The van der Waals surface area contributed by atoms with Gasteiger partial charge in [-0.3, -0.25) is 4.79 Å². The van der Waals surface area contributed by atoms with E-state index in [2.05, 4.69) is 10.2 Å². The van der Waals surface area contributed by atoms with Gasteiger partial charge in [-0.25, -0.2) is 0 Å². The van der Waals surface area contributed by atoms with E-state index in [1.807, 2.05) is 43.3 Å². The van der Waals surface area contributed by atoms with Crippen molar-refractivity contribution in [1.29, 1.82) is 0 Å². The first-order valence-corrected chi connectivity index (χ1v) is 10.4. The van der Waals surface area contributed by atoms with Crippen molar-refractivity contribution in [2.24, 2.45) is 0 Å². The van der Waals surface area contributed by atoms with Crippen molar-refractivity contribution >= 4 is 40.6 Å². The third-order valence-corrected chi connectivity index (χ3v) is 5.79. The summed E-state index contributed by atoms with van der Waals surface area (Å²) >= 11 is 8.67. The first-order valence-electron chi connectivity index (χ1n) is 8.21. The monoisotopic (exact) mass is 423 g/mol. The first-order chi connectivity index (χ1) is 13.1. The molecular formula is C18H18ClN3O3S2. The number of halogens is 1. The Morgan fingerprint density at radius 2 is 2.04 bits per heavy atom. The second-order valence-electron chi connectivity index (χ2n) is 5.50. The van der Waals surface area contributed by atoms with Crippen molar-refractivity contribution in [2.75, 3.05) is 19.4 Å². The third-order valence-electron chi connectivity index (χ3n) is 3.77. The normalized spacial score (nSPS) is 10.8. The maximum absolute atomic E-state index is 12.5. The lowest BCUT2D eigenvalue weighted by molar-refractivity contribution is -0.128. The van der Waals surface area contributed by atoms with E-state index in [-0.39, 0.29) is 11.7 Å². The number of hydrogen-bond donors (Lipinski definition) is 0. The van der Waals surface area contributed by atoms with Crippen LogP contribution >= 0.6 is 34.7 Å². The number of methoxy groups -OCH3 is 1. The fraction of sp³-hybridized carbons (Fsp3) is 0.278. The van der Waals surface area contributed by atoms with Crippen LogP contribution in [-0.4, -0.2) is 40.4 Å². The lowest BCUT2D eigenvalue weighted by Gasteiger charge is -2.19. The number of aromatic nitrogens is 2. The highest BCUT2D eigenvalue weighted by Crippen LogP contribution is 2.26. The van der Waals surface area contributed by atoms with Crippen LogP contribution in [0.15, 0.2) is 46.0 Å². The van der Waals surface area contributed by atoms with E-state index in [9.17, 15) is 4.79 Å². The SMILES string of the molecule is CCN(Cc1ccc(Cl)s1)C(=O)CSc1nnc(-c2ccc(OC)cc2)o1. The molecule has 0 saturated carbocycles. The zero-order chi connectivity index (χ0) is 19.2. The van der Waals surface area contributed by atoms with Gasteiger partial charge in [-0.2, -0.15) is 0 Å². The lowest BCUT2D eigenvalue weighted by atomic mass is 10.2. The second kappa shape index (κ2) is 9.25. The Morgan fingerprint density at radius 1 is 1.26 bits per heavy atom. The van der Waals surface area contributed by atoms with Crippen molar-refractivity contribution < 1.29 is 13.9 Å². The van der Waals surface area contributed by atoms with Crippen LogP contribution in [0.1, 0.15) is 11.8 Å². The van der Waals surface area contributed by atoms with Gasteiger partial charge in [0, 0.05) is 17.0 Å². The third kappa shape index (κ3) is 5.24. The number of nitrogens with zero attached hydrogens (tertiary/aromatic N) is 3. The van der Waals surface area contributed by atoms with Gasteiger partial charge in [-0.1, -0.05) is 23.4 Å². The number of thioether (sulfide) groups is 1.